The standard InChI is InChI=1S/C14H18N2O/c1-3-7-13(10-15)14(17)16-11(2)12-8-5-4-6-9-12/h4-6,8-9,11,13H,3,7H2,1-2H3,(H,16,17)/t11-,13?/m0/s1. The first kappa shape index (κ1) is 13.2. The van der Waals surface area contributed by atoms with E-state index in [1.807, 2.05) is 50.2 Å². The van der Waals surface area contributed by atoms with Crippen LogP contribution in [0, 0.1) is 17.2 Å². The van der Waals surface area contributed by atoms with Crippen LogP contribution in [0.25, 0.3) is 0 Å². The van der Waals surface area contributed by atoms with Gasteiger partial charge in [-0.1, -0.05) is 43.7 Å². The molecule has 0 heterocycles. The van der Waals surface area contributed by atoms with E-state index in [4.69, 9.17) is 5.26 Å². The maximum Gasteiger partial charge on any atom is 0.237 e. The molecule has 2 atom stereocenters. The summed E-state index contributed by atoms with van der Waals surface area (Å²) < 4.78 is 0. The van der Waals surface area contributed by atoms with Crippen LogP contribution in [0.1, 0.15) is 38.3 Å². The number of benzene rings is 1. The number of rotatable bonds is 5. The second-order valence-corrected chi connectivity index (χ2v) is 4.11. The van der Waals surface area contributed by atoms with Crippen molar-refractivity contribution >= 4 is 5.91 Å². The lowest BCUT2D eigenvalue weighted by molar-refractivity contribution is -0.124. The van der Waals surface area contributed by atoms with Gasteiger partial charge in [-0.05, 0) is 18.9 Å². The molecule has 1 rings (SSSR count). The number of hydrogen-bond acceptors (Lipinski definition) is 2. The Balaban J connectivity index is 2.60. The van der Waals surface area contributed by atoms with Crippen LogP contribution in [-0.4, -0.2) is 5.91 Å². The van der Waals surface area contributed by atoms with Crippen molar-refractivity contribution in [2.45, 2.75) is 32.7 Å². The lowest BCUT2D eigenvalue weighted by atomic mass is 10.0. The van der Waals surface area contributed by atoms with Crippen LogP contribution < -0.4 is 5.32 Å². The molecule has 0 bridgehead atoms. The zero-order valence-electron chi connectivity index (χ0n) is 10.3. The highest BCUT2D eigenvalue weighted by atomic mass is 16.1. The first-order valence-electron chi connectivity index (χ1n) is 5.94. The molecule has 17 heavy (non-hydrogen) atoms. The van der Waals surface area contributed by atoms with Gasteiger partial charge in [0.25, 0.3) is 0 Å². The van der Waals surface area contributed by atoms with E-state index in [2.05, 4.69) is 5.32 Å². The van der Waals surface area contributed by atoms with Crippen LogP contribution in [-0.2, 0) is 4.79 Å². The molecule has 3 heteroatoms. The van der Waals surface area contributed by atoms with Gasteiger partial charge in [0.1, 0.15) is 5.92 Å². The maximum absolute atomic E-state index is 11.8. The summed E-state index contributed by atoms with van der Waals surface area (Å²) in [5, 5.41) is 11.8. The Bertz CT molecular complexity index is 394. The average Bonchev–Trinajstić information content (AvgIpc) is 2.36. The Labute approximate surface area is 102 Å². The van der Waals surface area contributed by atoms with Gasteiger partial charge in [-0.25, -0.2) is 0 Å². The third kappa shape index (κ3) is 3.92. The molecule has 0 saturated carbocycles. The highest BCUT2D eigenvalue weighted by molar-refractivity contribution is 5.81. The summed E-state index contributed by atoms with van der Waals surface area (Å²) in [6.07, 6.45) is 1.45. The van der Waals surface area contributed by atoms with Gasteiger partial charge in [-0.3, -0.25) is 4.79 Å². The molecule has 0 aliphatic heterocycles. The summed E-state index contributed by atoms with van der Waals surface area (Å²) >= 11 is 0. The number of carbonyl (C=O) groups is 1. The van der Waals surface area contributed by atoms with Gasteiger partial charge in [0, 0.05) is 0 Å². The van der Waals surface area contributed by atoms with Crippen LogP contribution in [0.5, 0.6) is 0 Å². The minimum Gasteiger partial charge on any atom is -0.348 e. The van der Waals surface area contributed by atoms with Crippen molar-refractivity contribution < 1.29 is 4.79 Å². The Hall–Kier alpha value is -1.82. The average molecular weight is 230 g/mol. The Kier molecular flexibility index (Phi) is 5.22. The molecular formula is C14H18N2O. The van der Waals surface area contributed by atoms with Gasteiger partial charge in [0.2, 0.25) is 5.91 Å². The number of nitrogens with zero attached hydrogens (tertiary/aromatic N) is 1. The van der Waals surface area contributed by atoms with E-state index < -0.39 is 5.92 Å². The molecule has 0 fully saturated rings. The van der Waals surface area contributed by atoms with Crippen molar-refractivity contribution in [3.05, 3.63) is 35.9 Å². The fraction of sp³-hybridized carbons (Fsp3) is 0.429. The molecule has 90 valence electrons. The van der Waals surface area contributed by atoms with Gasteiger partial charge in [-0.15, -0.1) is 0 Å². The normalized spacial score (nSPS) is 13.5. The number of nitrogens with one attached hydrogen (secondary N) is 1. The van der Waals surface area contributed by atoms with E-state index in [1.165, 1.54) is 0 Å². The minimum atomic E-state index is -0.536. The van der Waals surface area contributed by atoms with E-state index in [-0.39, 0.29) is 11.9 Å². The van der Waals surface area contributed by atoms with Gasteiger partial charge in [0.15, 0.2) is 0 Å². The molecular weight excluding hydrogens is 212 g/mol. The van der Waals surface area contributed by atoms with Crippen LogP contribution in [0.15, 0.2) is 30.3 Å². The highest BCUT2D eigenvalue weighted by Gasteiger charge is 2.18. The Morgan fingerprint density at radius 1 is 1.41 bits per heavy atom. The van der Waals surface area contributed by atoms with Gasteiger partial charge >= 0.3 is 0 Å². The lowest BCUT2D eigenvalue weighted by Gasteiger charge is -2.16. The van der Waals surface area contributed by atoms with Crippen molar-refractivity contribution in [1.29, 1.82) is 5.26 Å². The highest BCUT2D eigenvalue weighted by Crippen LogP contribution is 2.13. The first-order valence-corrected chi connectivity index (χ1v) is 5.94. The van der Waals surface area contributed by atoms with E-state index in [9.17, 15) is 4.79 Å². The summed E-state index contributed by atoms with van der Waals surface area (Å²) in [5.41, 5.74) is 1.05. The monoisotopic (exact) mass is 230 g/mol. The van der Waals surface area contributed by atoms with E-state index in [1.54, 1.807) is 0 Å². The molecule has 0 spiro atoms. The zero-order valence-corrected chi connectivity index (χ0v) is 10.3. The quantitative estimate of drug-likeness (QED) is 0.845. The number of hydrogen-bond donors (Lipinski definition) is 1. The molecule has 1 amide bonds. The molecule has 0 aliphatic rings. The van der Waals surface area contributed by atoms with Crippen LogP contribution in [0.4, 0.5) is 0 Å². The number of amides is 1. The largest absolute Gasteiger partial charge is 0.348 e. The third-order valence-electron chi connectivity index (χ3n) is 2.71. The summed E-state index contributed by atoms with van der Waals surface area (Å²) in [6, 6.07) is 11.7. The predicted molar refractivity (Wildman–Crippen MR) is 67.0 cm³/mol. The van der Waals surface area contributed by atoms with E-state index in [0.29, 0.717) is 6.42 Å². The summed E-state index contributed by atoms with van der Waals surface area (Å²) in [7, 11) is 0. The zero-order chi connectivity index (χ0) is 12.7. The third-order valence-corrected chi connectivity index (χ3v) is 2.71. The summed E-state index contributed by atoms with van der Waals surface area (Å²) in [4.78, 5) is 11.8. The van der Waals surface area contributed by atoms with Crippen LogP contribution in [0.3, 0.4) is 0 Å². The van der Waals surface area contributed by atoms with Crippen molar-refractivity contribution in [2.24, 2.45) is 5.92 Å². The summed E-state index contributed by atoms with van der Waals surface area (Å²) in [6.45, 7) is 3.89. The lowest BCUT2D eigenvalue weighted by Crippen LogP contribution is -2.32. The van der Waals surface area contributed by atoms with Crippen molar-refractivity contribution in [3.63, 3.8) is 0 Å². The molecule has 0 aromatic heterocycles. The Morgan fingerprint density at radius 3 is 2.59 bits per heavy atom. The maximum atomic E-state index is 11.8. The second kappa shape index (κ2) is 6.70. The molecule has 3 nitrogen and oxygen atoms in total. The van der Waals surface area contributed by atoms with Crippen LogP contribution in [0.2, 0.25) is 0 Å². The topological polar surface area (TPSA) is 52.9 Å². The Morgan fingerprint density at radius 2 is 2.06 bits per heavy atom. The van der Waals surface area contributed by atoms with Crippen molar-refractivity contribution in [2.75, 3.05) is 0 Å². The summed E-state index contributed by atoms with van der Waals surface area (Å²) in [5.74, 6) is -0.711. The van der Waals surface area contributed by atoms with E-state index in [0.717, 1.165) is 12.0 Å². The van der Waals surface area contributed by atoms with Gasteiger partial charge < -0.3 is 5.32 Å². The molecule has 1 aromatic rings. The molecule has 1 N–H and O–H groups in total. The molecule has 0 radical (unpaired) electrons. The van der Waals surface area contributed by atoms with Crippen molar-refractivity contribution in [3.8, 4) is 6.07 Å². The molecule has 0 aliphatic carbocycles. The van der Waals surface area contributed by atoms with Crippen molar-refractivity contribution in [1.82, 2.24) is 5.32 Å². The fourth-order valence-corrected chi connectivity index (χ4v) is 1.68. The minimum absolute atomic E-state index is 0.0589. The predicted octanol–water partition coefficient (Wildman–Crippen LogP) is 2.80. The van der Waals surface area contributed by atoms with Gasteiger partial charge in [0.05, 0.1) is 12.1 Å². The van der Waals surface area contributed by atoms with Crippen LogP contribution >= 0.6 is 0 Å². The SMILES string of the molecule is CCCC(C#N)C(=O)N[C@@H](C)c1ccccc1. The molecule has 0 saturated heterocycles. The molecule has 1 aromatic carbocycles. The smallest absolute Gasteiger partial charge is 0.237 e. The second-order valence-electron chi connectivity index (χ2n) is 4.11. The first-order chi connectivity index (χ1) is 8.19. The molecule has 1 unspecified atom stereocenters. The number of carbonyl (C=O) groups excluding carboxylic acids is 1. The van der Waals surface area contributed by atoms with E-state index >= 15 is 0 Å². The van der Waals surface area contributed by atoms with Gasteiger partial charge in [-0.2, -0.15) is 5.26 Å². The fourth-order valence-electron chi connectivity index (χ4n) is 1.68. The number of nitriles is 1.